The molecule has 0 saturated heterocycles. The number of aliphatic carboxylic acids is 1. The standard InChI is InChI=1S/C13H20N2O3S/c1-3-15(6-4-12(16)17)13(18)14-10(2)8-11-5-7-19-9-11/h5,7,9-10H,3-4,6,8H2,1-2H3,(H,14,18)(H,16,17). The highest BCUT2D eigenvalue weighted by atomic mass is 32.1. The first-order chi connectivity index (χ1) is 9.02. The molecule has 2 amide bonds. The van der Waals surface area contributed by atoms with E-state index in [9.17, 15) is 9.59 Å². The van der Waals surface area contributed by atoms with Crippen LogP contribution in [-0.4, -0.2) is 41.1 Å². The molecule has 0 bridgehead atoms. The number of carbonyl (C=O) groups excluding carboxylic acids is 1. The molecule has 0 aliphatic rings. The highest BCUT2D eigenvalue weighted by molar-refractivity contribution is 7.07. The fraction of sp³-hybridized carbons (Fsp3) is 0.538. The van der Waals surface area contributed by atoms with Gasteiger partial charge in [0.1, 0.15) is 0 Å². The fourth-order valence-corrected chi connectivity index (χ4v) is 2.43. The quantitative estimate of drug-likeness (QED) is 0.806. The molecule has 6 heteroatoms. The second-order valence-electron chi connectivity index (χ2n) is 4.41. The summed E-state index contributed by atoms with van der Waals surface area (Å²) >= 11 is 1.63. The minimum atomic E-state index is -0.891. The Bertz CT molecular complexity index is 406. The Kier molecular flexibility index (Phi) is 6.35. The van der Waals surface area contributed by atoms with Crippen LogP contribution < -0.4 is 5.32 Å². The lowest BCUT2D eigenvalue weighted by atomic mass is 10.1. The van der Waals surface area contributed by atoms with E-state index in [4.69, 9.17) is 5.11 Å². The zero-order chi connectivity index (χ0) is 14.3. The Morgan fingerprint density at radius 1 is 1.53 bits per heavy atom. The SMILES string of the molecule is CCN(CCC(=O)O)C(=O)NC(C)Cc1ccsc1. The van der Waals surface area contributed by atoms with Gasteiger partial charge in [-0.25, -0.2) is 4.79 Å². The molecule has 0 aliphatic carbocycles. The molecule has 5 nitrogen and oxygen atoms in total. The van der Waals surface area contributed by atoms with Crippen LogP contribution in [-0.2, 0) is 11.2 Å². The summed E-state index contributed by atoms with van der Waals surface area (Å²) < 4.78 is 0. The van der Waals surface area contributed by atoms with Crippen LogP contribution in [0.25, 0.3) is 0 Å². The van der Waals surface area contributed by atoms with Gasteiger partial charge in [0.15, 0.2) is 0 Å². The molecule has 1 heterocycles. The van der Waals surface area contributed by atoms with Crippen LogP contribution in [0.1, 0.15) is 25.8 Å². The van der Waals surface area contributed by atoms with Gasteiger partial charge in [-0.3, -0.25) is 4.79 Å². The molecule has 0 fully saturated rings. The van der Waals surface area contributed by atoms with Crippen LogP contribution >= 0.6 is 11.3 Å². The normalized spacial score (nSPS) is 11.9. The summed E-state index contributed by atoms with van der Waals surface area (Å²) in [6, 6.07) is 1.86. The molecule has 0 radical (unpaired) electrons. The predicted molar refractivity (Wildman–Crippen MR) is 75.5 cm³/mol. The third-order valence-corrected chi connectivity index (χ3v) is 3.49. The molecule has 1 unspecified atom stereocenters. The van der Waals surface area contributed by atoms with Gasteiger partial charge < -0.3 is 15.3 Å². The molecular weight excluding hydrogens is 264 g/mol. The Hall–Kier alpha value is -1.56. The second-order valence-corrected chi connectivity index (χ2v) is 5.19. The van der Waals surface area contributed by atoms with Crippen molar-refractivity contribution >= 4 is 23.3 Å². The Morgan fingerprint density at radius 2 is 2.26 bits per heavy atom. The van der Waals surface area contributed by atoms with Crippen molar-refractivity contribution in [2.24, 2.45) is 0 Å². The summed E-state index contributed by atoms with van der Waals surface area (Å²) in [5.74, 6) is -0.891. The first-order valence-electron chi connectivity index (χ1n) is 6.31. The largest absolute Gasteiger partial charge is 0.481 e. The Labute approximate surface area is 117 Å². The summed E-state index contributed by atoms with van der Waals surface area (Å²) in [7, 11) is 0. The van der Waals surface area contributed by atoms with Crippen LogP contribution in [0.15, 0.2) is 16.8 Å². The van der Waals surface area contributed by atoms with Gasteiger partial charge >= 0.3 is 12.0 Å². The van der Waals surface area contributed by atoms with Gasteiger partial charge in [-0.1, -0.05) is 0 Å². The maximum Gasteiger partial charge on any atom is 0.317 e. The molecule has 19 heavy (non-hydrogen) atoms. The van der Waals surface area contributed by atoms with Gasteiger partial charge in [0.2, 0.25) is 0 Å². The van der Waals surface area contributed by atoms with Crippen molar-refractivity contribution in [3.8, 4) is 0 Å². The summed E-state index contributed by atoms with van der Waals surface area (Å²) in [4.78, 5) is 24.0. The molecule has 1 atom stereocenters. The third-order valence-electron chi connectivity index (χ3n) is 2.76. The summed E-state index contributed by atoms with van der Waals surface area (Å²) in [5, 5.41) is 15.6. The second kappa shape index (κ2) is 7.78. The smallest absolute Gasteiger partial charge is 0.317 e. The van der Waals surface area contributed by atoms with Crippen molar-refractivity contribution in [3.05, 3.63) is 22.4 Å². The number of thiophene rings is 1. The predicted octanol–water partition coefficient (Wildman–Crippen LogP) is 2.19. The molecule has 1 aromatic heterocycles. The average molecular weight is 284 g/mol. The van der Waals surface area contributed by atoms with E-state index in [1.165, 1.54) is 10.5 Å². The number of nitrogens with one attached hydrogen (secondary N) is 1. The molecule has 1 aromatic rings. The molecule has 2 N–H and O–H groups in total. The maximum absolute atomic E-state index is 12.0. The van der Waals surface area contributed by atoms with Gasteiger partial charge in [-0.05, 0) is 42.7 Å². The van der Waals surface area contributed by atoms with Crippen LogP contribution in [0.2, 0.25) is 0 Å². The van der Waals surface area contributed by atoms with Crippen molar-refractivity contribution in [2.45, 2.75) is 32.7 Å². The van der Waals surface area contributed by atoms with Gasteiger partial charge in [0.05, 0.1) is 6.42 Å². The average Bonchev–Trinajstić information content (AvgIpc) is 2.81. The van der Waals surface area contributed by atoms with Crippen LogP contribution in [0.3, 0.4) is 0 Å². The lowest BCUT2D eigenvalue weighted by Crippen LogP contribution is -2.45. The van der Waals surface area contributed by atoms with E-state index in [1.807, 2.05) is 25.3 Å². The molecule has 0 aromatic carbocycles. The maximum atomic E-state index is 12.0. The van der Waals surface area contributed by atoms with E-state index in [0.29, 0.717) is 6.54 Å². The number of carboxylic acids is 1. The van der Waals surface area contributed by atoms with Crippen LogP contribution in [0.5, 0.6) is 0 Å². The topological polar surface area (TPSA) is 69.6 Å². The van der Waals surface area contributed by atoms with Crippen molar-refractivity contribution in [1.29, 1.82) is 0 Å². The van der Waals surface area contributed by atoms with E-state index in [2.05, 4.69) is 10.7 Å². The monoisotopic (exact) mass is 284 g/mol. The van der Waals surface area contributed by atoms with Gasteiger partial charge in [0.25, 0.3) is 0 Å². The van der Waals surface area contributed by atoms with E-state index >= 15 is 0 Å². The number of hydrogen-bond acceptors (Lipinski definition) is 3. The Morgan fingerprint density at radius 3 is 2.79 bits per heavy atom. The highest BCUT2D eigenvalue weighted by Crippen LogP contribution is 2.08. The fourth-order valence-electron chi connectivity index (χ4n) is 1.75. The van der Waals surface area contributed by atoms with Gasteiger partial charge in [0, 0.05) is 19.1 Å². The lowest BCUT2D eigenvalue weighted by Gasteiger charge is -2.23. The summed E-state index contributed by atoms with van der Waals surface area (Å²) in [6.07, 6.45) is 0.756. The molecule has 0 spiro atoms. The number of rotatable bonds is 7. The van der Waals surface area contributed by atoms with Gasteiger partial charge in [-0.15, -0.1) is 0 Å². The first-order valence-corrected chi connectivity index (χ1v) is 7.25. The highest BCUT2D eigenvalue weighted by Gasteiger charge is 2.15. The Balaban J connectivity index is 2.40. The number of urea groups is 1. The van der Waals surface area contributed by atoms with E-state index in [-0.39, 0.29) is 25.0 Å². The number of carboxylic acid groups (broad SMARTS) is 1. The minimum Gasteiger partial charge on any atom is -0.481 e. The third kappa shape index (κ3) is 5.74. The van der Waals surface area contributed by atoms with Crippen molar-refractivity contribution < 1.29 is 14.7 Å². The molecule has 106 valence electrons. The van der Waals surface area contributed by atoms with Crippen LogP contribution in [0, 0.1) is 0 Å². The summed E-state index contributed by atoms with van der Waals surface area (Å²) in [5.41, 5.74) is 1.20. The van der Waals surface area contributed by atoms with E-state index in [0.717, 1.165) is 6.42 Å². The van der Waals surface area contributed by atoms with Crippen LogP contribution in [0.4, 0.5) is 4.79 Å². The molecular formula is C13H20N2O3S. The van der Waals surface area contributed by atoms with Crippen molar-refractivity contribution in [1.82, 2.24) is 10.2 Å². The van der Waals surface area contributed by atoms with E-state index in [1.54, 1.807) is 11.3 Å². The molecule has 1 rings (SSSR count). The zero-order valence-corrected chi connectivity index (χ0v) is 12.1. The van der Waals surface area contributed by atoms with Crippen molar-refractivity contribution in [3.63, 3.8) is 0 Å². The van der Waals surface area contributed by atoms with E-state index < -0.39 is 5.97 Å². The number of nitrogens with zero attached hydrogens (tertiary/aromatic N) is 1. The first kappa shape index (κ1) is 15.5. The van der Waals surface area contributed by atoms with Gasteiger partial charge in [-0.2, -0.15) is 11.3 Å². The molecule has 0 aliphatic heterocycles. The molecule has 0 saturated carbocycles. The number of carbonyl (C=O) groups is 2. The number of amides is 2. The number of hydrogen-bond donors (Lipinski definition) is 2. The van der Waals surface area contributed by atoms with Crippen molar-refractivity contribution in [2.75, 3.05) is 13.1 Å². The summed E-state index contributed by atoms with van der Waals surface area (Å²) in [6.45, 7) is 4.53. The lowest BCUT2D eigenvalue weighted by molar-refractivity contribution is -0.137. The minimum absolute atomic E-state index is 0.0276. The zero-order valence-electron chi connectivity index (χ0n) is 11.3.